The summed E-state index contributed by atoms with van der Waals surface area (Å²) in [5, 5.41) is 0. The summed E-state index contributed by atoms with van der Waals surface area (Å²) >= 11 is 0. The number of nitrogens with two attached hydrogens (primary N) is 1. The first-order valence-electron chi connectivity index (χ1n) is 7.84. The molecule has 1 fully saturated rings. The molecule has 1 aromatic rings. The van der Waals surface area contributed by atoms with Gasteiger partial charge in [-0.25, -0.2) is 4.39 Å². The van der Waals surface area contributed by atoms with Crippen molar-refractivity contribution >= 4 is 17.5 Å². The molecule has 6 heteroatoms. The third kappa shape index (κ3) is 3.88. The Balaban J connectivity index is 2.05. The number of carbonyl (C=O) groups is 2. The number of likely N-dealkylation sites (tertiary alicyclic amines) is 1. The topological polar surface area (TPSA) is 66.6 Å². The fraction of sp³-hybridized carbons (Fsp3) is 0.529. The Morgan fingerprint density at radius 2 is 1.96 bits per heavy atom. The molecule has 2 N–H and O–H groups in total. The van der Waals surface area contributed by atoms with E-state index in [1.165, 1.54) is 11.8 Å². The van der Waals surface area contributed by atoms with Gasteiger partial charge in [-0.15, -0.1) is 0 Å². The van der Waals surface area contributed by atoms with Crippen LogP contribution in [0.5, 0.6) is 0 Å². The van der Waals surface area contributed by atoms with Crippen molar-refractivity contribution in [2.75, 3.05) is 25.0 Å². The van der Waals surface area contributed by atoms with E-state index in [-0.39, 0.29) is 24.3 Å². The van der Waals surface area contributed by atoms with Crippen molar-refractivity contribution < 1.29 is 14.0 Å². The Morgan fingerprint density at radius 1 is 1.35 bits per heavy atom. The first kappa shape index (κ1) is 17.4. The predicted octanol–water partition coefficient (Wildman–Crippen LogP) is 1.67. The predicted molar refractivity (Wildman–Crippen MR) is 88.0 cm³/mol. The lowest BCUT2D eigenvalue weighted by Crippen LogP contribution is -2.45. The van der Waals surface area contributed by atoms with Gasteiger partial charge in [0.1, 0.15) is 6.17 Å². The van der Waals surface area contributed by atoms with E-state index >= 15 is 0 Å². The fourth-order valence-electron chi connectivity index (χ4n) is 2.73. The van der Waals surface area contributed by atoms with E-state index in [0.29, 0.717) is 13.0 Å². The molecule has 1 aliphatic rings. The average molecular weight is 321 g/mol. The highest BCUT2D eigenvalue weighted by Gasteiger charge is 2.32. The van der Waals surface area contributed by atoms with Gasteiger partial charge in [-0.1, -0.05) is 19.1 Å². The van der Waals surface area contributed by atoms with Gasteiger partial charge in [0.15, 0.2) is 0 Å². The van der Waals surface area contributed by atoms with Gasteiger partial charge in [-0.3, -0.25) is 9.59 Å². The van der Waals surface area contributed by atoms with Crippen molar-refractivity contribution in [3.63, 3.8) is 0 Å². The van der Waals surface area contributed by atoms with Gasteiger partial charge in [0.2, 0.25) is 11.8 Å². The Labute approximate surface area is 136 Å². The Kier molecular flexibility index (Phi) is 5.36. The highest BCUT2D eigenvalue weighted by Crippen LogP contribution is 2.24. The third-order valence-corrected chi connectivity index (χ3v) is 4.54. The van der Waals surface area contributed by atoms with Crippen LogP contribution >= 0.6 is 0 Å². The number of hydrogen-bond acceptors (Lipinski definition) is 3. The highest BCUT2D eigenvalue weighted by atomic mass is 19.1. The summed E-state index contributed by atoms with van der Waals surface area (Å²) in [5.41, 5.74) is 7.79. The normalized spacial score (nSPS) is 20.2. The van der Waals surface area contributed by atoms with E-state index in [2.05, 4.69) is 0 Å². The van der Waals surface area contributed by atoms with Gasteiger partial charge in [-0.05, 0) is 24.1 Å². The molecule has 0 radical (unpaired) electrons. The molecule has 126 valence electrons. The van der Waals surface area contributed by atoms with Crippen molar-refractivity contribution in [1.29, 1.82) is 0 Å². The Bertz CT molecular complexity index is 576. The lowest BCUT2D eigenvalue weighted by Gasteiger charge is -2.25. The molecule has 0 saturated carbocycles. The molecule has 1 aliphatic heterocycles. The first-order valence-corrected chi connectivity index (χ1v) is 7.84. The van der Waals surface area contributed by atoms with Gasteiger partial charge < -0.3 is 15.5 Å². The summed E-state index contributed by atoms with van der Waals surface area (Å²) in [5.74, 6) is -0.437. The monoisotopic (exact) mass is 321 g/mol. The summed E-state index contributed by atoms with van der Waals surface area (Å²) in [4.78, 5) is 26.8. The fourth-order valence-corrected chi connectivity index (χ4v) is 2.73. The van der Waals surface area contributed by atoms with Crippen LogP contribution in [0, 0.1) is 0 Å². The molecular weight excluding hydrogens is 297 g/mol. The Hall–Kier alpha value is -1.95. The number of carbonyl (C=O) groups excluding carboxylic acids is 2. The van der Waals surface area contributed by atoms with Crippen LogP contribution in [-0.2, 0) is 9.59 Å². The number of halogens is 1. The molecule has 3 atom stereocenters. The Morgan fingerprint density at radius 3 is 2.43 bits per heavy atom. The second-order valence-electron chi connectivity index (χ2n) is 6.15. The van der Waals surface area contributed by atoms with Crippen LogP contribution in [0.1, 0.15) is 31.7 Å². The van der Waals surface area contributed by atoms with E-state index in [1.54, 1.807) is 11.9 Å². The largest absolute Gasteiger partial charge is 0.338 e. The summed E-state index contributed by atoms with van der Waals surface area (Å²) in [6, 6.07) is 6.70. The van der Waals surface area contributed by atoms with Gasteiger partial charge in [0.05, 0.1) is 12.6 Å². The molecule has 0 spiro atoms. The highest BCUT2D eigenvalue weighted by molar-refractivity contribution is 5.90. The maximum Gasteiger partial charge on any atom is 0.240 e. The molecule has 1 heterocycles. The van der Waals surface area contributed by atoms with Crippen LogP contribution in [0.3, 0.4) is 0 Å². The van der Waals surface area contributed by atoms with Crippen molar-refractivity contribution in [3.8, 4) is 0 Å². The standard InChI is InChI=1S/C17H24FN3O2/c1-11(16(19)17(23)21-9-8-14(18)10-21)13-4-6-15(7-5-13)20(3)12(2)22/h4-7,11,14,16H,8-10,19H2,1-3H3/t11-,14-,16-/m0/s1. The SMILES string of the molecule is CC(=O)N(C)c1ccc([C@H](C)[C@H](N)C(=O)N2CC[C@H](F)C2)cc1. The smallest absolute Gasteiger partial charge is 0.240 e. The lowest BCUT2D eigenvalue weighted by atomic mass is 9.92. The molecule has 1 aromatic carbocycles. The minimum Gasteiger partial charge on any atom is -0.338 e. The van der Waals surface area contributed by atoms with Crippen LogP contribution in [-0.4, -0.2) is 49.1 Å². The molecule has 1 saturated heterocycles. The van der Waals surface area contributed by atoms with Gasteiger partial charge in [-0.2, -0.15) is 0 Å². The third-order valence-electron chi connectivity index (χ3n) is 4.54. The van der Waals surface area contributed by atoms with Crippen LogP contribution in [0.2, 0.25) is 0 Å². The van der Waals surface area contributed by atoms with Crippen LogP contribution in [0.15, 0.2) is 24.3 Å². The van der Waals surface area contributed by atoms with Crippen LogP contribution in [0.25, 0.3) is 0 Å². The molecule has 5 nitrogen and oxygen atoms in total. The maximum atomic E-state index is 13.2. The molecule has 0 aromatic heterocycles. The van der Waals surface area contributed by atoms with Crippen molar-refractivity contribution in [2.24, 2.45) is 5.73 Å². The molecule has 2 rings (SSSR count). The second kappa shape index (κ2) is 7.08. The van der Waals surface area contributed by atoms with Crippen molar-refractivity contribution in [1.82, 2.24) is 4.90 Å². The number of alkyl halides is 1. The lowest BCUT2D eigenvalue weighted by molar-refractivity contribution is -0.132. The number of nitrogens with zero attached hydrogens (tertiary/aromatic N) is 2. The second-order valence-corrected chi connectivity index (χ2v) is 6.15. The van der Waals surface area contributed by atoms with Crippen LogP contribution < -0.4 is 10.6 Å². The number of rotatable bonds is 4. The van der Waals surface area contributed by atoms with Crippen LogP contribution in [0.4, 0.5) is 10.1 Å². The summed E-state index contributed by atoms with van der Waals surface area (Å²) in [6.45, 7) is 3.96. The number of anilines is 1. The molecule has 2 amide bonds. The zero-order chi connectivity index (χ0) is 17.1. The zero-order valence-electron chi connectivity index (χ0n) is 13.8. The van der Waals surface area contributed by atoms with E-state index in [0.717, 1.165) is 11.3 Å². The molecular formula is C17H24FN3O2. The van der Waals surface area contributed by atoms with E-state index in [9.17, 15) is 14.0 Å². The molecule has 0 unspecified atom stereocenters. The zero-order valence-corrected chi connectivity index (χ0v) is 13.8. The number of benzene rings is 1. The van der Waals surface area contributed by atoms with Crippen molar-refractivity contribution in [3.05, 3.63) is 29.8 Å². The summed E-state index contributed by atoms with van der Waals surface area (Å²) < 4.78 is 13.2. The number of amides is 2. The van der Waals surface area contributed by atoms with Crippen molar-refractivity contribution in [2.45, 2.75) is 38.4 Å². The van der Waals surface area contributed by atoms with E-state index < -0.39 is 12.2 Å². The minimum absolute atomic E-state index is 0.0486. The van der Waals surface area contributed by atoms with Gasteiger partial charge in [0.25, 0.3) is 0 Å². The molecule has 0 bridgehead atoms. The summed E-state index contributed by atoms with van der Waals surface area (Å²) in [6.07, 6.45) is -0.554. The average Bonchev–Trinajstić information content (AvgIpc) is 2.98. The maximum absolute atomic E-state index is 13.2. The van der Waals surface area contributed by atoms with E-state index in [4.69, 9.17) is 5.73 Å². The van der Waals surface area contributed by atoms with E-state index in [1.807, 2.05) is 31.2 Å². The quantitative estimate of drug-likeness (QED) is 0.917. The summed E-state index contributed by atoms with van der Waals surface area (Å²) in [7, 11) is 1.71. The van der Waals surface area contributed by atoms with Gasteiger partial charge in [0, 0.05) is 32.1 Å². The minimum atomic E-state index is -0.942. The van der Waals surface area contributed by atoms with Gasteiger partial charge >= 0.3 is 0 Å². The number of hydrogen-bond donors (Lipinski definition) is 1. The first-order chi connectivity index (χ1) is 10.8. The molecule has 23 heavy (non-hydrogen) atoms. The molecule has 0 aliphatic carbocycles.